The molecule has 0 aliphatic rings. The number of benzene rings is 2. The van der Waals surface area contributed by atoms with Gasteiger partial charge in [0.15, 0.2) is 5.69 Å². The zero-order valence-corrected chi connectivity index (χ0v) is 20.6. The lowest BCUT2D eigenvalue weighted by Gasteiger charge is -2.26. The predicted octanol–water partition coefficient (Wildman–Crippen LogP) is 4.16. The van der Waals surface area contributed by atoms with Gasteiger partial charge in [-0.2, -0.15) is 0 Å². The lowest BCUT2D eigenvalue weighted by Crippen LogP contribution is -2.42. The Labute approximate surface area is 200 Å². The highest BCUT2D eigenvalue weighted by molar-refractivity contribution is 6.07. The van der Waals surface area contributed by atoms with Gasteiger partial charge in [0, 0.05) is 12.1 Å². The Morgan fingerprint density at radius 3 is 2.21 bits per heavy atom. The molecule has 0 bridgehead atoms. The van der Waals surface area contributed by atoms with Crippen LogP contribution in [0.1, 0.15) is 62.5 Å². The van der Waals surface area contributed by atoms with Gasteiger partial charge in [0.05, 0.1) is 6.54 Å². The SMILES string of the molecule is CC(C)CCN(C(=O)c1ccc(C(C)(C)C)cc1)c1c(N)n(Cc2ccccc2)c(=O)[nH]c1=O. The van der Waals surface area contributed by atoms with Crippen molar-refractivity contribution in [2.24, 2.45) is 5.92 Å². The molecule has 1 aromatic heterocycles. The summed E-state index contributed by atoms with van der Waals surface area (Å²) in [7, 11) is 0. The van der Waals surface area contributed by atoms with Gasteiger partial charge in [-0.05, 0) is 41.0 Å². The Balaban J connectivity index is 2.08. The predicted molar refractivity (Wildman–Crippen MR) is 138 cm³/mol. The highest BCUT2D eigenvalue weighted by Crippen LogP contribution is 2.25. The molecule has 0 atom stereocenters. The molecular weight excluding hydrogens is 428 g/mol. The standard InChI is InChI=1S/C27H34N4O3/c1-18(2)15-16-30(25(33)20-11-13-21(14-12-20)27(3,4)5)22-23(28)31(26(34)29-24(22)32)17-19-9-7-6-8-10-19/h6-14,18H,15-17,28H2,1-5H3,(H,29,32,34). The average molecular weight is 463 g/mol. The number of nitrogens with two attached hydrogens (primary N) is 1. The Hall–Kier alpha value is -3.61. The van der Waals surface area contributed by atoms with Gasteiger partial charge in [-0.15, -0.1) is 0 Å². The lowest BCUT2D eigenvalue weighted by atomic mass is 9.86. The molecule has 180 valence electrons. The van der Waals surface area contributed by atoms with Crippen LogP contribution < -0.4 is 21.9 Å². The Morgan fingerprint density at radius 1 is 1.03 bits per heavy atom. The van der Waals surface area contributed by atoms with Gasteiger partial charge in [0.1, 0.15) is 5.82 Å². The molecule has 3 rings (SSSR count). The topological polar surface area (TPSA) is 101 Å². The van der Waals surface area contributed by atoms with E-state index in [0.29, 0.717) is 24.4 Å². The van der Waals surface area contributed by atoms with Crippen molar-refractivity contribution < 1.29 is 4.79 Å². The van der Waals surface area contributed by atoms with Crippen molar-refractivity contribution in [2.75, 3.05) is 17.2 Å². The number of carbonyl (C=O) groups is 1. The third-order valence-corrected chi connectivity index (χ3v) is 5.84. The van der Waals surface area contributed by atoms with Gasteiger partial charge >= 0.3 is 5.69 Å². The molecule has 0 radical (unpaired) electrons. The summed E-state index contributed by atoms with van der Waals surface area (Å²) in [4.78, 5) is 42.9. The van der Waals surface area contributed by atoms with E-state index in [9.17, 15) is 14.4 Å². The maximum Gasteiger partial charge on any atom is 0.330 e. The van der Waals surface area contributed by atoms with Crippen LogP contribution in [0.15, 0.2) is 64.2 Å². The van der Waals surface area contributed by atoms with E-state index in [1.54, 1.807) is 12.1 Å². The van der Waals surface area contributed by atoms with E-state index < -0.39 is 11.2 Å². The number of aromatic amines is 1. The van der Waals surface area contributed by atoms with Gasteiger partial charge in [0.25, 0.3) is 11.5 Å². The number of amides is 1. The van der Waals surface area contributed by atoms with E-state index in [2.05, 4.69) is 25.8 Å². The number of H-pyrrole nitrogens is 1. The van der Waals surface area contributed by atoms with Crippen molar-refractivity contribution in [3.8, 4) is 0 Å². The van der Waals surface area contributed by atoms with E-state index in [0.717, 1.165) is 11.1 Å². The maximum atomic E-state index is 13.6. The normalized spacial score (nSPS) is 11.6. The van der Waals surface area contributed by atoms with E-state index in [-0.39, 0.29) is 29.4 Å². The minimum atomic E-state index is -0.671. The number of nitrogen functional groups attached to an aromatic ring is 1. The summed E-state index contributed by atoms with van der Waals surface area (Å²) in [6, 6.07) is 16.8. The number of hydrogen-bond donors (Lipinski definition) is 2. The molecule has 34 heavy (non-hydrogen) atoms. The van der Waals surface area contributed by atoms with Crippen LogP contribution in [0.5, 0.6) is 0 Å². The molecule has 0 saturated heterocycles. The van der Waals surface area contributed by atoms with Crippen LogP contribution in [-0.2, 0) is 12.0 Å². The Kier molecular flexibility index (Phi) is 7.44. The molecule has 3 aromatic rings. The first-order valence-electron chi connectivity index (χ1n) is 11.6. The number of nitrogens with zero attached hydrogens (tertiary/aromatic N) is 2. The van der Waals surface area contributed by atoms with Crippen LogP contribution in [0.3, 0.4) is 0 Å². The van der Waals surface area contributed by atoms with Crippen LogP contribution in [0, 0.1) is 5.92 Å². The smallest absolute Gasteiger partial charge is 0.330 e. The number of aromatic nitrogens is 2. The zero-order valence-electron chi connectivity index (χ0n) is 20.6. The molecule has 7 heteroatoms. The third-order valence-electron chi connectivity index (χ3n) is 5.84. The molecule has 0 aliphatic heterocycles. The first kappa shape index (κ1) is 25.0. The number of anilines is 2. The third kappa shape index (κ3) is 5.65. The van der Waals surface area contributed by atoms with Gasteiger partial charge in [0.2, 0.25) is 0 Å². The van der Waals surface area contributed by atoms with Crippen LogP contribution in [0.25, 0.3) is 0 Å². The highest BCUT2D eigenvalue weighted by Gasteiger charge is 2.26. The summed E-state index contributed by atoms with van der Waals surface area (Å²) in [6.45, 7) is 10.9. The fraction of sp³-hybridized carbons (Fsp3) is 0.370. The summed E-state index contributed by atoms with van der Waals surface area (Å²) in [5.74, 6) is -0.0571. The zero-order chi connectivity index (χ0) is 25.0. The second-order valence-electron chi connectivity index (χ2n) is 10.0. The molecule has 0 aliphatic carbocycles. The van der Waals surface area contributed by atoms with E-state index in [4.69, 9.17) is 5.73 Å². The summed E-state index contributed by atoms with van der Waals surface area (Å²) in [5.41, 5.74) is 7.47. The monoisotopic (exact) mass is 462 g/mol. The second-order valence-corrected chi connectivity index (χ2v) is 10.0. The molecule has 0 unspecified atom stereocenters. The van der Waals surface area contributed by atoms with Crippen molar-refractivity contribution in [2.45, 2.75) is 53.0 Å². The van der Waals surface area contributed by atoms with E-state index in [1.165, 1.54) is 9.47 Å². The van der Waals surface area contributed by atoms with Crippen molar-refractivity contribution in [3.63, 3.8) is 0 Å². The van der Waals surface area contributed by atoms with Gasteiger partial charge in [-0.1, -0.05) is 77.1 Å². The van der Waals surface area contributed by atoms with Crippen LogP contribution in [0.4, 0.5) is 11.5 Å². The first-order chi connectivity index (χ1) is 16.0. The van der Waals surface area contributed by atoms with Crippen molar-refractivity contribution in [1.82, 2.24) is 9.55 Å². The lowest BCUT2D eigenvalue weighted by molar-refractivity contribution is 0.0985. The number of hydrogen-bond acceptors (Lipinski definition) is 4. The molecule has 2 aromatic carbocycles. The minimum absolute atomic E-state index is 0.000999. The van der Waals surface area contributed by atoms with E-state index >= 15 is 0 Å². The van der Waals surface area contributed by atoms with E-state index in [1.807, 2.05) is 56.3 Å². The van der Waals surface area contributed by atoms with Gasteiger partial charge in [-0.25, -0.2) is 4.79 Å². The summed E-state index contributed by atoms with van der Waals surface area (Å²) >= 11 is 0. The molecular formula is C27H34N4O3. The molecule has 3 N–H and O–H groups in total. The Bertz CT molecular complexity index is 1250. The van der Waals surface area contributed by atoms with Crippen molar-refractivity contribution in [1.29, 1.82) is 0 Å². The number of rotatable bonds is 7. The fourth-order valence-corrected chi connectivity index (χ4v) is 3.73. The minimum Gasteiger partial charge on any atom is -0.383 e. The maximum absolute atomic E-state index is 13.6. The molecule has 7 nitrogen and oxygen atoms in total. The van der Waals surface area contributed by atoms with Crippen molar-refractivity contribution >= 4 is 17.4 Å². The van der Waals surface area contributed by atoms with Crippen molar-refractivity contribution in [3.05, 3.63) is 92.1 Å². The quantitative estimate of drug-likeness (QED) is 0.550. The molecule has 0 saturated carbocycles. The summed E-state index contributed by atoms with van der Waals surface area (Å²) in [5, 5.41) is 0. The van der Waals surface area contributed by atoms with Crippen LogP contribution >= 0.6 is 0 Å². The largest absolute Gasteiger partial charge is 0.383 e. The number of nitrogens with one attached hydrogen (secondary N) is 1. The van der Waals surface area contributed by atoms with Gasteiger partial charge in [-0.3, -0.25) is 19.1 Å². The van der Waals surface area contributed by atoms with Crippen LogP contribution in [0.2, 0.25) is 0 Å². The molecule has 1 heterocycles. The van der Waals surface area contributed by atoms with Crippen LogP contribution in [-0.4, -0.2) is 22.0 Å². The summed E-state index contributed by atoms with van der Waals surface area (Å²) in [6.07, 6.45) is 0.669. The van der Waals surface area contributed by atoms with Gasteiger partial charge < -0.3 is 10.6 Å². The molecule has 1 amide bonds. The fourth-order valence-electron chi connectivity index (χ4n) is 3.73. The summed E-state index contributed by atoms with van der Waals surface area (Å²) < 4.78 is 1.30. The second kappa shape index (κ2) is 10.1. The average Bonchev–Trinajstić information content (AvgIpc) is 2.78. The molecule has 0 spiro atoms. The highest BCUT2D eigenvalue weighted by atomic mass is 16.2. The first-order valence-corrected chi connectivity index (χ1v) is 11.6. The molecule has 0 fully saturated rings. The Morgan fingerprint density at radius 2 is 1.65 bits per heavy atom. The number of carbonyl (C=O) groups excluding carboxylic acids is 1.